The fourth-order valence-electron chi connectivity index (χ4n) is 0.371. The fraction of sp³-hybridized carbons (Fsp3) is 0.500. The summed E-state index contributed by atoms with van der Waals surface area (Å²) in [5.74, 6) is -0.664. The molecule has 4 nitrogen and oxygen atoms in total. The molecule has 3 radical (unpaired) electrons. The molecule has 0 saturated carbocycles. The zero-order chi connectivity index (χ0) is 9.56. The molecular weight excluding hydrogens is 293 g/mol. The van der Waals surface area contributed by atoms with Gasteiger partial charge < -0.3 is 9.31 Å². The predicted octanol–water partition coefficient (Wildman–Crippen LogP) is -0.110. The molecule has 0 N–H and O–H groups in total. The summed E-state index contributed by atoms with van der Waals surface area (Å²) in [7, 11) is 5.74. The first kappa shape index (κ1) is 12.0. The second-order valence-electron chi connectivity index (χ2n) is 1.65. The Morgan fingerprint density at radius 1 is 1.58 bits per heavy atom. The zero-order valence-electron chi connectivity index (χ0n) is 5.78. The van der Waals surface area contributed by atoms with Crippen molar-refractivity contribution in [3.8, 4) is 0 Å². The highest BCUT2D eigenvalue weighted by molar-refractivity contribution is 9.12. The summed E-state index contributed by atoms with van der Waals surface area (Å²) in [6, 6.07) is 0. The van der Waals surface area contributed by atoms with E-state index in [-0.39, 0.29) is 6.47 Å². The van der Waals surface area contributed by atoms with Crippen LogP contribution < -0.4 is 0 Å². The average molecular weight is 296 g/mol. The second kappa shape index (κ2) is 6.54. The molecule has 0 unspecified atom stereocenters. The quantitative estimate of drug-likeness (QED) is 0.403. The van der Waals surface area contributed by atoms with Crippen LogP contribution in [0.15, 0.2) is 0 Å². The molecular formula is C4H3B2Br2O4. The monoisotopic (exact) mass is 295 g/mol. The van der Waals surface area contributed by atoms with Crippen LogP contribution in [0.2, 0.25) is 0 Å². The number of rotatable bonds is 5. The van der Waals surface area contributed by atoms with Gasteiger partial charge in [-0.1, -0.05) is 31.9 Å². The van der Waals surface area contributed by atoms with Crippen molar-refractivity contribution in [2.24, 2.45) is 0 Å². The lowest BCUT2D eigenvalue weighted by Crippen LogP contribution is -2.31. The number of alkyl halides is 2. The summed E-state index contributed by atoms with van der Waals surface area (Å²) in [5, 5.41) is 0. The van der Waals surface area contributed by atoms with Crippen molar-refractivity contribution in [3.05, 3.63) is 0 Å². The molecule has 0 bridgehead atoms. The first-order valence-electron chi connectivity index (χ1n) is 2.74. The number of hydrogen-bond acceptors (Lipinski definition) is 4. The van der Waals surface area contributed by atoms with Crippen LogP contribution in [-0.2, 0) is 18.9 Å². The van der Waals surface area contributed by atoms with Gasteiger partial charge in [0.05, 0.1) is 4.73 Å². The van der Waals surface area contributed by atoms with E-state index in [1.54, 1.807) is 0 Å². The van der Waals surface area contributed by atoms with Gasteiger partial charge in [-0.15, -0.1) is 0 Å². The second-order valence-corrected chi connectivity index (χ2v) is 3.70. The Morgan fingerprint density at radius 2 is 2.17 bits per heavy atom. The van der Waals surface area contributed by atoms with Gasteiger partial charge in [0.15, 0.2) is 0 Å². The van der Waals surface area contributed by atoms with Gasteiger partial charge in [-0.2, -0.15) is 0 Å². The molecule has 0 aliphatic carbocycles. The molecule has 2 atom stereocenters. The van der Waals surface area contributed by atoms with E-state index < -0.39 is 15.5 Å². The molecule has 0 saturated heterocycles. The number of carbonyl (C=O) groups excluding carboxylic acids is 2. The summed E-state index contributed by atoms with van der Waals surface area (Å²) in [6.45, 7) is 0.238. The minimum absolute atomic E-state index is 0.238. The van der Waals surface area contributed by atoms with Crippen molar-refractivity contribution in [3.63, 3.8) is 0 Å². The first-order chi connectivity index (χ1) is 5.63. The van der Waals surface area contributed by atoms with Gasteiger partial charge in [-0.05, 0) is 0 Å². The topological polar surface area (TPSA) is 52.6 Å². The Balaban J connectivity index is 3.82. The molecule has 8 heteroatoms. The smallest absolute Gasteiger partial charge is 0.389 e. The van der Waals surface area contributed by atoms with Gasteiger partial charge in [0.2, 0.25) is 0 Å². The standard InChI is InChI=1S/C4H3B2Br2O4/c5-12-4(10)2(7)3(8)6-11-1-9/h1-3H/t2-,3+/m1/s1. The molecule has 63 valence electrons. The summed E-state index contributed by atoms with van der Waals surface area (Å²) in [5.41, 5.74) is 0. The van der Waals surface area contributed by atoms with Crippen LogP contribution >= 0.6 is 31.9 Å². The van der Waals surface area contributed by atoms with Crippen molar-refractivity contribution in [1.82, 2.24) is 0 Å². The van der Waals surface area contributed by atoms with Crippen molar-refractivity contribution < 1.29 is 18.9 Å². The molecule has 0 heterocycles. The molecule has 0 aromatic rings. The highest BCUT2D eigenvalue weighted by Gasteiger charge is 2.26. The fourth-order valence-corrected chi connectivity index (χ4v) is 0.944. The van der Waals surface area contributed by atoms with E-state index in [0.29, 0.717) is 0 Å². The van der Waals surface area contributed by atoms with Crippen LogP contribution in [-0.4, -0.2) is 37.5 Å². The van der Waals surface area contributed by atoms with E-state index in [1.165, 1.54) is 0 Å². The Hall–Kier alpha value is 0.0299. The summed E-state index contributed by atoms with van der Waals surface area (Å²) < 4.78 is 7.73. The van der Waals surface area contributed by atoms with Crippen LogP contribution in [0.4, 0.5) is 0 Å². The van der Waals surface area contributed by atoms with E-state index in [0.717, 1.165) is 7.48 Å². The molecule has 0 aliphatic rings. The lowest BCUT2D eigenvalue weighted by molar-refractivity contribution is -0.133. The molecule has 0 aliphatic heterocycles. The van der Waals surface area contributed by atoms with Gasteiger partial charge in [0.1, 0.15) is 4.83 Å². The molecule has 0 rings (SSSR count). The molecule has 12 heavy (non-hydrogen) atoms. The number of carbonyl (C=O) groups is 2. The minimum atomic E-state index is -0.692. The predicted molar refractivity (Wildman–Crippen MR) is 50.2 cm³/mol. The molecule has 0 amide bonds. The van der Waals surface area contributed by atoms with Crippen LogP contribution in [0.25, 0.3) is 0 Å². The van der Waals surface area contributed by atoms with E-state index >= 15 is 0 Å². The number of halogens is 2. The minimum Gasteiger partial charge on any atom is -0.543 e. The van der Waals surface area contributed by atoms with Crippen molar-refractivity contribution in [2.75, 3.05) is 0 Å². The summed E-state index contributed by atoms with van der Waals surface area (Å²) in [6.07, 6.45) is 0. The Bertz CT molecular complexity index is 167. The van der Waals surface area contributed by atoms with Crippen molar-refractivity contribution >= 4 is 59.8 Å². The van der Waals surface area contributed by atoms with Crippen LogP contribution in [0.5, 0.6) is 0 Å². The van der Waals surface area contributed by atoms with Crippen LogP contribution in [0.3, 0.4) is 0 Å². The van der Waals surface area contributed by atoms with E-state index in [9.17, 15) is 9.59 Å². The van der Waals surface area contributed by atoms with Gasteiger partial charge >= 0.3 is 21.5 Å². The van der Waals surface area contributed by atoms with Crippen molar-refractivity contribution in [1.29, 1.82) is 0 Å². The van der Waals surface area contributed by atoms with E-state index in [2.05, 4.69) is 49.2 Å². The Kier molecular flexibility index (Phi) is 6.55. The largest absolute Gasteiger partial charge is 0.543 e. The van der Waals surface area contributed by atoms with Gasteiger partial charge in [0, 0.05) is 0 Å². The van der Waals surface area contributed by atoms with Crippen LogP contribution in [0, 0.1) is 0 Å². The van der Waals surface area contributed by atoms with Crippen molar-refractivity contribution in [2.45, 2.75) is 9.55 Å². The maximum Gasteiger partial charge on any atom is 0.389 e. The number of hydrogen-bond donors (Lipinski definition) is 0. The third-order valence-electron chi connectivity index (χ3n) is 0.885. The Morgan fingerprint density at radius 3 is 2.58 bits per heavy atom. The molecule has 0 aromatic heterocycles. The normalized spacial score (nSPS) is 14.2. The van der Waals surface area contributed by atoms with Gasteiger partial charge in [-0.25, -0.2) is 0 Å². The molecule has 0 fully saturated rings. The summed E-state index contributed by atoms with van der Waals surface area (Å²) in [4.78, 5) is 19.8. The molecule has 0 spiro atoms. The maximum absolute atomic E-state index is 10.7. The zero-order valence-corrected chi connectivity index (χ0v) is 8.95. The van der Waals surface area contributed by atoms with Gasteiger partial charge in [0.25, 0.3) is 6.47 Å². The lowest BCUT2D eigenvalue weighted by atomic mass is 9.93. The van der Waals surface area contributed by atoms with E-state index in [1.807, 2.05) is 0 Å². The van der Waals surface area contributed by atoms with E-state index in [4.69, 9.17) is 0 Å². The average Bonchev–Trinajstić information content (AvgIpc) is 2.11. The summed E-state index contributed by atoms with van der Waals surface area (Å²) >= 11 is 6.01. The van der Waals surface area contributed by atoms with Crippen LogP contribution in [0.1, 0.15) is 0 Å². The lowest BCUT2D eigenvalue weighted by Gasteiger charge is -2.11. The SMILES string of the molecule is [B]OC(=O)[C@H](Br)[C@H](Br)[B]OC=O. The van der Waals surface area contributed by atoms with Gasteiger partial charge in [-0.3, -0.25) is 9.59 Å². The third-order valence-corrected chi connectivity index (χ3v) is 3.28. The first-order valence-corrected chi connectivity index (χ1v) is 4.57. The Labute approximate surface area is 88.3 Å². The highest BCUT2D eigenvalue weighted by atomic mass is 79.9. The highest BCUT2D eigenvalue weighted by Crippen LogP contribution is 2.14. The maximum atomic E-state index is 10.7. The third kappa shape index (κ3) is 4.15. The molecule has 0 aromatic carbocycles.